The lowest BCUT2D eigenvalue weighted by Gasteiger charge is -2.28. The molecule has 26 heavy (non-hydrogen) atoms. The van der Waals surface area contributed by atoms with Crippen LogP contribution in [0.15, 0.2) is 42.5 Å². The second kappa shape index (κ2) is 8.43. The quantitative estimate of drug-likeness (QED) is 0.753. The molecule has 5 nitrogen and oxygen atoms in total. The minimum absolute atomic E-state index is 0.219. The van der Waals surface area contributed by atoms with Gasteiger partial charge in [0.1, 0.15) is 0 Å². The van der Waals surface area contributed by atoms with Crippen molar-refractivity contribution in [1.82, 2.24) is 0 Å². The molecule has 1 fully saturated rings. The van der Waals surface area contributed by atoms with E-state index in [0.29, 0.717) is 5.69 Å². The zero-order chi connectivity index (χ0) is 18.5. The summed E-state index contributed by atoms with van der Waals surface area (Å²) in [6.07, 6.45) is 3.67. The molecular weight excluding hydrogens is 373 g/mol. The Morgan fingerprint density at radius 2 is 1.38 bits per heavy atom. The number of carbonyl (C=O) groups excluding carboxylic acids is 2. The summed E-state index contributed by atoms with van der Waals surface area (Å²) in [5, 5.41) is 5.55. The van der Waals surface area contributed by atoms with Crippen LogP contribution in [0.2, 0.25) is 10.0 Å². The van der Waals surface area contributed by atoms with Gasteiger partial charge in [0.05, 0.1) is 15.7 Å². The van der Waals surface area contributed by atoms with Crippen LogP contribution in [0.3, 0.4) is 0 Å². The molecule has 0 saturated carbocycles. The molecule has 0 atom stereocenters. The summed E-state index contributed by atoms with van der Waals surface area (Å²) in [6.45, 7) is 2.10. The molecule has 136 valence electrons. The molecule has 0 aromatic heterocycles. The van der Waals surface area contributed by atoms with E-state index in [-0.39, 0.29) is 15.7 Å². The number of amides is 2. The zero-order valence-electron chi connectivity index (χ0n) is 14.1. The smallest absolute Gasteiger partial charge is 0.314 e. The van der Waals surface area contributed by atoms with Crippen molar-refractivity contribution < 1.29 is 9.59 Å². The number of nitrogens with one attached hydrogen (secondary N) is 2. The number of halogens is 2. The summed E-state index contributed by atoms with van der Waals surface area (Å²) >= 11 is 12.0. The molecule has 2 N–H and O–H groups in total. The van der Waals surface area contributed by atoms with Gasteiger partial charge in [0.15, 0.2) is 0 Å². The Labute approximate surface area is 162 Å². The molecule has 0 aliphatic carbocycles. The Balaban J connectivity index is 1.61. The lowest BCUT2D eigenvalue weighted by atomic mass is 10.1. The largest absolute Gasteiger partial charge is 0.372 e. The predicted molar refractivity (Wildman–Crippen MR) is 106 cm³/mol. The summed E-state index contributed by atoms with van der Waals surface area (Å²) in [5.41, 5.74) is 1.89. The fourth-order valence-corrected chi connectivity index (χ4v) is 3.38. The van der Waals surface area contributed by atoms with Crippen LogP contribution >= 0.6 is 23.2 Å². The first-order chi connectivity index (χ1) is 12.5. The molecule has 0 bridgehead atoms. The minimum Gasteiger partial charge on any atom is -0.372 e. The van der Waals surface area contributed by atoms with Gasteiger partial charge in [-0.25, -0.2) is 0 Å². The fraction of sp³-hybridized carbons (Fsp3) is 0.263. The lowest BCUT2D eigenvalue weighted by Crippen LogP contribution is -2.30. The van der Waals surface area contributed by atoms with Gasteiger partial charge in [0.2, 0.25) is 0 Å². The summed E-state index contributed by atoms with van der Waals surface area (Å²) in [7, 11) is 0. The maximum atomic E-state index is 12.1. The molecule has 1 aliphatic rings. The summed E-state index contributed by atoms with van der Waals surface area (Å²) < 4.78 is 0. The van der Waals surface area contributed by atoms with Crippen molar-refractivity contribution in [1.29, 1.82) is 0 Å². The number of piperidine rings is 1. The molecular formula is C19H19Cl2N3O2. The minimum atomic E-state index is -0.833. The zero-order valence-corrected chi connectivity index (χ0v) is 15.6. The third kappa shape index (κ3) is 4.48. The maximum Gasteiger partial charge on any atom is 0.314 e. The van der Waals surface area contributed by atoms with E-state index in [0.717, 1.165) is 18.8 Å². The highest BCUT2D eigenvalue weighted by Crippen LogP contribution is 2.29. The van der Waals surface area contributed by atoms with Gasteiger partial charge in [-0.05, 0) is 55.7 Å². The first-order valence-electron chi connectivity index (χ1n) is 8.46. The van der Waals surface area contributed by atoms with Crippen molar-refractivity contribution in [3.63, 3.8) is 0 Å². The Morgan fingerprint density at radius 3 is 2.00 bits per heavy atom. The molecule has 3 rings (SSSR count). The molecule has 0 unspecified atom stereocenters. The van der Waals surface area contributed by atoms with Gasteiger partial charge in [0.25, 0.3) is 0 Å². The van der Waals surface area contributed by atoms with Crippen molar-refractivity contribution in [2.45, 2.75) is 19.3 Å². The first-order valence-corrected chi connectivity index (χ1v) is 9.21. The lowest BCUT2D eigenvalue weighted by molar-refractivity contribution is -0.132. The van der Waals surface area contributed by atoms with Crippen molar-refractivity contribution >= 4 is 52.1 Å². The number of nitrogens with zero attached hydrogens (tertiary/aromatic N) is 1. The van der Waals surface area contributed by atoms with Crippen molar-refractivity contribution in [2.24, 2.45) is 0 Å². The van der Waals surface area contributed by atoms with Gasteiger partial charge in [-0.3, -0.25) is 9.59 Å². The van der Waals surface area contributed by atoms with E-state index in [1.165, 1.54) is 19.3 Å². The Bertz CT molecular complexity index is 783. The highest BCUT2D eigenvalue weighted by Gasteiger charge is 2.17. The van der Waals surface area contributed by atoms with E-state index in [1.807, 2.05) is 12.1 Å². The van der Waals surface area contributed by atoms with Crippen LogP contribution in [0.5, 0.6) is 0 Å². The number of benzene rings is 2. The van der Waals surface area contributed by atoms with Crippen molar-refractivity contribution in [3.8, 4) is 0 Å². The van der Waals surface area contributed by atoms with Crippen LogP contribution in [0.4, 0.5) is 17.1 Å². The highest BCUT2D eigenvalue weighted by molar-refractivity contribution is 6.46. The van der Waals surface area contributed by atoms with E-state index in [1.54, 1.807) is 30.3 Å². The third-order valence-corrected chi connectivity index (χ3v) is 4.88. The monoisotopic (exact) mass is 391 g/mol. The van der Waals surface area contributed by atoms with Crippen LogP contribution in [0, 0.1) is 0 Å². The molecule has 0 radical (unpaired) electrons. The van der Waals surface area contributed by atoms with E-state index >= 15 is 0 Å². The van der Waals surface area contributed by atoms with Crippen LogP contribution in [-0.2, 0) is 9.59 Å². The molecule has 0 spiro atoms. The predicted octanol–water partition coefficient (Wildman–Crippen LogP) is 4.56. The summed E-state index contributed by atoms with van der Waals surface area (Å²) in [5.74, 6) is -1.62. The molecule has 1 heterocycles. The second-order valence-corrected chi connectivity index (χ2v) is 6.91. The fourth-order valence-electron chi connectivity index (χ4n) is 2.88. The van der Waals surface area contributed by atoms with Gasteiger partial charge in [0, 0.05) is 24.5 Å². The van der Waals surface area contributed by atoms with Crippen molar-refractivity contribution in [3.05, 3.63) is 52.5 Å². The molecule has 2 aromatic rings. The van der Waals surface area contributed by atoms with Crippen LogP contribution in [0.25, 0.3) is 0 Å². The average Bonchev–Trinajstić information content (AvgIpc) is 2.66. The second-order valence-electron chi connectivity index (χ2n) is 6.10. The van der Waals surface area contributed by atoms with E-state index in [2.05, 4.69) is 15.5 Å². The van der Waals surface area contributed by atoms with E-state index in [4.69, 9.17) is 23.2 Å². The van der Waals surface area contributed by atoms with Crippen molar-refractivity contribution in [2.75, 3.05) is 28.6 Å². The summed E-state index contributed by atoms with van der Waals surface area (Å²) in [4.78, 5) is 26.5. The Hall–Kier alpha value is -2.24. The molecule has 7 heteroatoms. The van der Waals surface area contributed by atoms with Crippen LogP contribution in [-0.4, -0.2) is 24.9 Å². The average molecular weight is 392 g/mol. The Kier molecular flexibility index (Phi) is 6.01. The number of anilines is 3. The van der Waals surface area contributed by atoms with Crippen LogP contribution in [0.1, 0.15) is 19.3 Å². The Morgan fingerprint density at radius 1 is 0.808 bits per heavy atom. The van der Waals surface area contributed by atoms with E-state index < -0.39 is 11.8 Å². The normalized spacial score (nSPS) is 14.0. The number of rotatable bonds is 3. The topological polar surface area (TPSA) is 61.4 Å². The van der Waals surface area contributed by atoms with Gasteiger partial charge in [-0.1, -0.05) is 29.3 Å². The highest BCUT2D eigenvalue weighted by atomic mass is 35.5. The molecule has 2 aromatic carbocycles. The third-order valence-electron chi connectivity index (χ3n) is 4.25. The molecule has 1 saturated heterocycles. The number of hydrogen-bond donors (Lipinski definition) is 2. The van der Waals surface area contributed by atoms with Gasteiger partial charge < -0.3 is 15.5 Å². The SMILES string of the molecule is O=C(Nc1ccc(N2CCCCC2)cc1)C(=O)Nc1c(Cl)cccc1Cl. The first kappa shape index (κ1) is 18.5. The number of carbonyl (C=O) groups is 2. The van der Waals surface area contributed by atoms with E-state index in [9.17, 15) is 9.59 Å². The van der Waals surface area contributed by atoms with Gasteiger partial charge in [-0.2, -0.15) is 0 Å². The number of para-hydroxylation sites is 1. The number of hydrogen-bond acceptors (Lipinski definition) is 3. The molecule has 2 amide bonds. The van der Waals surface area contributed by atoms with Gasteiger partial charge in [-0.15, -0.1) is 0 Å². The molecule has 1 aliphatic heterocycles. The summed E-state index contributed by atoms with van der Waals surface area (Å²) in [6, 6.07) is 12.3. The van der Waals surface area contributed by atoms with Crippen LogP contribution < -0.4 is 15.5 Å². The standard InChI is InChI=1S/C19H19Cl2N3O2/c20-15-5-4-6-16(21)17(15)23-19(26)18(25)22-13-7-9-14(10-8-13)24-11-2-1-3-12-24/h4-10H,1-3,11-12H2,(H,22,25)(H,23,26). The maximum absolute atomic E-state index is 12.1. The van der Waals surface area contributed by atoms with Gasteiger partial charge >= 0.3 is 11.8 Å².